The Hall–Kier alpha value is -4.26. The van der Waals surface area contributed by atoms with E-state index in [2.05, 4.69) is 47.3 Å². The van der Waals surface area contributed by atoms with E-state index in [9.17, 15) is 4.79 Å². The van der Waals surface area contributed by atoms with Crippen LogP contribution in [0.4, 0.5) is 5.82 Å². The van der Waals surface area contributed by atoms with Crippen molar-refractivity contribution in [1.29, 1.82) is 0 Å². The van der Waals surface area contributed by atoms with Gasteiger partial charge < -0.3 is 14.3 Å². The molecule has 6 rings (SSSR count). The van der Waals surface area contributed by atoms with Crippen LogP contribution >= 0.6 is 0 Å². The average molecular weight is 506 g/mol. The highest BCUT2D eigenvalue weighted by molar-refractivity contribution is 6.00. The summed E-state index contributed by atoms with van der Waals surface area (Å²) in [5.74, 6) is 1.70. The normalized spacial score (nSPS) is 13.9. The number of rotatable bonds is 6. The number of aryl methyl sites for hydroxylation is 2. The molecule has 3 heterocycles. The van der Waals surface area contributed by atoms with Gasteiger partial charge in [0.1, 0.15) is 22.7 Å². The molecule has 0 radical (unpaired) electrons. The van der Waals surface area contributed by atoms with Gasteiger partial charge in [-0.05, 0) is 41.8 Å². The number of benzene rings is 3. The summed E-state index contributed by atoms with van der Waals surface area (Å²) in [7, 11) is 0. The SMILES string of the molecule is CCCCc1nc(N2CCN(C(=O)c3ccccc3C)CC2)c2c(-c3ccc4ccccc4c3)noc2n1. The highest BCUT2D eigenvalue weighted by Gasteiger charge is 2.28. The van der Waals surface area contributed by atoms with E-state index in [1.54, 1.807) is 0 Å². The predicted molar refractivity (Wildman–Crippen MR) is 150 cm³/mol. The molecule has 1 aliphatic heterocycles. The van der Waals surface area contributed by atoms with Crippen molar-refractivity contribution in [2.75, 3.05) is 31.1 Å². The fraction of sp³-hybridized carbons (Fsp3) is 0.290. The molecule has 1 amide bonds. The molecular weight excluding hydrogens is 474 g/mol. The smallest absolute Gasteiger partial charge is 0.263 e. The molecule has 1 fully saturated rings. The van der Waals surface area contributed by atoms with Crippen molar-refractivity contribution in [1.82, 2.24) is 20.0 Å². The van der Waals surface area contributed by atoms with Gasteiger partial charge in [-0.3, -0.25) is 4.79 Å². The predicted octanol–water partition coefficient (Wildman–Crippen LogP) is 6.05. The third-order valence-corrected chi connectivity index (χ3v) is 7.38. The first-order chi connectivity index (χ1) is 18.6. The lowest BCUT2D eigenvalue weighted by Gasteiger charge is -2.36. The maximum absolute atomic E-state index is 13.2. The van der Waals surface area contributed by atoms with Crippen LogP contribution < -0.4 is 4.90 Å². The second-order valence-corrected chi connectivity index (χ2v) is 9.93. The van der Waals surface area contributed by atoms with Crippen LogP contribution in [-0.2, 0) is 6.42 Å². The van der Waals surface area contributed by atoms with Crippen molar-refractivity contribution in [2.45, 2.75) is 33.1 Å². The molecule has 192 valence electrons. The number of piperazine rings is 1. The van der Waals surface area contributed by atoms with E-state index in [1.165, 1.54) is 5.39 Å². The number of hydrogen-bond donors (Lipinski definition) is 0. The van der Waals surface area contributed by atoms with Crippen molar-refractivity contribution in [3.8, 4) is 11.3 Å². The average Bonchev–Trinajstić information content (AvgIpc) is 3.39. The zero-order valence-corrected chi connectivity index (χ0v) is 21.9. The number of amides is 1. The third-order valence-electron chi connectivity index (χ3n) is 7.38. The first-order valence-corrected chi connectivity index (χ1v) is 13.4. The monoisotopic (exact) mass is 505 g/mol. The van der Waals surface area contributed by atoms with Gasteiger partial charge in [-0.2, -0.15) is 4.98 Å². The lowest BCUT2D eigenvalue weighted by atomic mass is 10.0. The maximum Gasteiger partial charge on any atom is 0.263 e. The molecule has 0 saturated carbocycles. The van der Waals surface area contributed by atoms with Crippen molar-refractivity contribution in [2.24, 2.45) is 0 Å². The maximum atomic E-state index is 13.2. The molecule has 2 aromatic heterocycles. The van der Waals surface area contributed by atoms with Crippen molar-refractivity contribution < 1.29 is 9.32 Å². The molecule has 1 aliphatic rings. The summed E-state index contributed by atoms with van der Waals surface area (Å²) in [6.07, 6.45) is 2.86. The summed E-state index contributed by atoms with van der Waals surface area (Å²) >= 11 is 0. The molecular formula is C31H31N5O2. The Balaban J connectivity index is 1.35. The van der Waals surface area contributed by atoms with Gasteiger partial charge in [-0.1, -0.05) is 73.1 Å². The highest BCUT2D eigenvalue weighted by atomic mass is 16.5. The molecule has 0 atom stereocenters. The minimum atomic E-state index is 0.0843. The van der Waals surface area contributed by atoms with Gasteiger partial charge in [0.05, 0.1) is 0 Å². The van der Waals surface area contributed by atoms with Crippen LogP contribution in [0.5, 0.6) is 0 Å². The Kier molecular flexibility index (Phi) is 6.50. The molecule has 0 aliphatic carbocycles. The van der Waals surface area contributed by atoms with Gasteiger partial charge in [0.2, 0.25) is 0 Å². The van der Waals surface area contributed by atoms with Crippen LogP contribution in [0.1, 0.15) is 41.5 Å². The number of carbonyl (C=O) groups excluding carboxylic acids is 1. The Bertz CT molecular complexity index is 1620. The molecule has 3 aromatic carbocycles. The van der Waals surface area contributed by atoms with E-state index in [0.29, 0.717) is 31.9 Å². The molecule has 38 heavy (non-hydrogen) atoms. The van der Waals surface area contributed by atoms with Crippen LogP contribution in [0.15, 0.2) is 71.3 Å². The summed E-state index contributed by atoms with van der Waals surface area (Å²) in [5, 5.41) is 7.63. The minimum Gasteiger partial charge on any atom is -0.352 e. The summed E-state index contributed by atoms with van der Waals surface area (Å²) in [5.41, 5.74) is 4.01. The van der Waals surface area contributed by atoms with E-state index >= 15 is 0 Å². The van der Waals surface area contributed by atoms with Crippen LogP contribution in [0.3, 0.4) is 0 Å². The van der Waals surface area contributed by atoms with E-state index < -0.39 is 0 Å². The van der Waals surface area contributed by atoms with E-state index in [4.69, 9.17) is 14.5 Å². The number of hydrogen-bond acceptors (Lipinski definition) is 6. The lowest BCUT2D eigenvalue weighted by molar-refractivity contribution is 0.0746. The number of carbonyl (C=O) groups is 1. The summed E-state index contributed by atoms with van der Waals surface area (Å²) in [6, 6.07) is 22.4. The molecule has 0 spiro atoms. The molecule has 7 nitrogen and oxygen atoms in total. The van der Waals surface area contributed by atoms with Gasteiger partial charge in [0, 0.05) is 43.7 Å². The van der Waals surface area contributed by atoms with Gasteiger partial charge >= 0.3 is 0 Å². The number of anilines is 1. The first-order valence-electron chi connectivity index (χ1n) is 13.4. The van der Waals surface area contributed by atoms with Crippen LogP contribution in [-0.4, -0.2) is 52.1 Å². The Labute approximate surface area is 222 Å². The van der Waals surface area contributed by atoms with Gasteiger partial charge in [-0.25, -0.2) is 4.98 Å². The quantitative estimate of drug-likeness (QED) is 0.280. The van der Waals surface area contributed by atoms with E-state index in [-0.39, 0.29) is 5.91 Å². The van der Waals surface area contributed by atoms with Crippen molar-refractivity contribution in [3.05, 3.63) is 83.7 Å². The van der Waals surface area contributed by atoms with Crippen LogP contribution in [0.2, 0.25) is 0 Å². The Morgan fingerprint density at radius 2 is 1.68 bits per heavy atom. The number of aromatic nitrogens is 3. The van der Waals surface area contributed by atoms with E-state index in [0.717, 1.165) is 64.1 Å². The molecule has 7 heteroatoms. The summed E-state index contributed by atoms with van der Waals surface area (Å²) in [6.45, 7) is 6.76. The Morgan fingerprint density at radius 1 is 0.921 bits per heavy atom. The number of fused-ring (bicyclic) bond motifs is 2. The topological polar surface area (TPSA) is 75.4 Å². The number of nitrogens with zero attached hydrogens (tertiary/aromatic N) is 5. The zero-order chi connectivity index (χ0) is 26.1. The number of unbranched alkanes of at least 4 members (excludes halogenated alkanes) is 1. The standard InChI is InChI=1S/C31H31N5O2/c1-3-4-13-26-32-29(35-16-18-36(19-17-35)31(37)25-12-8-5-9-21(25)2)27-28(34-38-30(27)33-26)24-15-14-22-10-6-7-11-23(22)20-24/h5-12,14-15,20H,3-4,13,16-19H2,1-2H3. The summed E-state index contributed by atoms with van der Waals surface area (Å²) in [4.78, 5) is 27.2. The van der Waals surface area contributed by atoms with Gasteiger partial charge in [-0.15, -0.1) is 0 Å². The second kappa shape index (κ2) is 10.2. The molecule has 5 aromatic rings. The van der Waals surface area contributed by atoms with Crippen molar-refractivity contribution >= 4 is 33.6 Å². The molecule has 0 unspecified atom stereocenters. The fourth-order valence-electron chi connectivity index (χ4n) is 5.19. The Morgan fingerprint density at radius 3 is 2.47 bits per heavy atom. The van der Waals surface area contributed by atoms with Crippen LogP contribution in [0, 0.1) is 6.92 Å². The van der Waals surface area contributed by atoms with Gasteiger partial charge in [0.25, 0.3) is 11.6 Å². The highest BCUT2D eigenvalue weighted by Crippen LogP contribution is 2.35. The van der Waals surface area contributed by atoms with Gasteiger partial charge in [0.15, 0.2) is 0 Å². The third kappa shape index (κ3) is 4.49. The van der Waals surface area contributed by atoms with Crippen LogP contribution in [0.25, 0.3) is 33.1 Å². The lowest BCUT2D eigenvalue weighted by Crippen LogP contribution is -2.49. The van der Waals surface area contributed by atoms with Crippen molar-refractivity contribution in [3.63, 3.8) is 0 Å². The zero-order valence-electron chi connectivity index (χ0n) is 21.9. The molecule has 0 N–H and O–H groups in total. The summed E-state index contributed by atoms with van der Waals surface area (Å²) < 4.78 is 5.81. The van der Waals surface area contributed by atoms with E-state index in [1.807, 2.05) is 48.2 Å². The largest absolute Gasteiger partial charge is 0.352 e. The molecule has 0 bridgehead atoms. The molecule has 1 saturated heterocycles. The fourth-order valence-corrected chi connectivity index (χ4v) is 5.19. The second-order valence-electron chi connectivity index (χ2n) is 9.93. The minimum absolute atomic E-state index is 0.0843. The first kappa shape index (κ1) is 24.1.